The first kappa shape index (κ1) is 12.9. The van der Waals surface area contributed by atoms with Crippen molar-refractivity contribution in [3.05, 3.63) is 32.6 Å². The number of hydrogen-bond acceptors (Lipinski definition) is 5. The molecule has 1 saturated heterocycles. The molecule has 1 aliphatic heterocycles. The molecule has 4 atom stereocenters. The summed E-state index contributed by atoms with van der Waals surface area (Å²) in [5, 5.41) is 18.6. The number of hydrogen-bond donors (Lipinski definition) is 3. The second-order valence-corrected chi connectivity index (χ2v) is 4.20. The van der Waals surface area contributed by atoms with E-state index in [9.17, 15) is 24.2 Å². The highest BCUT2D eigenvalue weighted by Gasteiger charge is 2.40. The van der Waals surface area contributed by atoms with Crippen molar-refractivity contribution in [3.63, 3.8) is 0 Å². The normalized spacial score (nSPS) is 32.4. The van der Waals surface area contributed by atoms with E-state index in [1.54, 1.807) is 0 Å². The van der Waals surface area contributed by atoms with Crippen LogP contribution in [0.5, 0.6) is 0 Å². The molecule has 0 saturated carbocycles. The number of aromatic nitrogens is 2. The highest BCUT2D eigenvalue weighted by Crippen LogP contribution is 2.25. The number of aromatic amines is 1. The van der Waals surface area contributed by atoms with Crippen LogP contribution in [0.2, 0.25) is 0 Å². The van der Waals surface area contributed by atoms with Gasteiger partial charge in [0.25, 0.3) is 5.56 Å². The number of H-pyrrole nitrogens is 1. The standard InChI is InChI=1S/C10H13FN2O5/c1-4-2-13(10(17)12-8(4)16)9-6(11)7(15)5(14)3-18-9/h2,5-7,9,14-15H,3H2,1H3,(H,12,16,17)/t5-,6+,7-,9-/m0/s1. The van der Waals surface area contributed by atoms with E-state index in [1.807, 2.05) is 4.98 Å². The predicted molar refractivity (Wildman–Crippen MR) is 58.0 cm³/mol. The molecule has 7 nitrogen and oxygen atoms in total. The summed E-state index contributed by atoms with van der Waals surface area (Å²) >= 11 is 0. The van der Waals surface area contributed by atoms with Crippen molar-refractivity contribution < 1.29 is 19.3 Å². The third-order valence-corrected chi connectivity index (χ3v) is 2.85. The van der Waals surface area contributed by atoms with Crippen molar-refractivity contribution in [2.45, 2.75) is 31.5 Å². The molecule has 1 aliphatic rings. The molecule has 2 rings (SSSR count). The van der Waals surface area contributed by atoms with E-state index < -0.39 is 35.9 Å². The van der Waals surface area contributed by atoms with Crippen molar-refractivity contribution >= 4 is 0 Å². The van der Waals surface area contributed by atoms with Gasteiger partial charge in [0.05, 0.1) is 6.61 Å². The van der Waals surface area contributed by atoms with Crippen molar-refractivity contribution in [1.29, 1.82) is 0 Å². The van der Waals surface area contributed by atoms with Gasteiger partial charge in [-0.05, 0) is 6.92 Å². The SMILES string of the molecule is Cc1cn([C@H]2OC[C@H](O)[C@H](O)[C@H]2F)c(=O)[nH]c1=O. The Bertz CT molecular complexity index is 554. The maximum Gasteiger partial charge on any atom is 0.330 e. The van der Waals surface area contributed by atoms with Gasteiger partial charge in [-0.2, -0.15) is 0 Å². The van der Waals surface area contributed by atoms with Crippen molar-refractivity contribution in [2.75, 3.05) is 6.61 Å². The number of aliphatic hydroxyl groups excluding tert-OH is 2. The summed E-state index contributed by atoms with van der Waals surface area (Å²) in [5.41, 5.74) is -1.18. The molecule has 3 N–H and O–H groups in total. The molecule has 8 heteroatoms. The Morgan fingerprint density at radius 3 is 2.83 bits per heavy atom. The second-order valence-electron chi connectivity index (χ2n) is 4.20. The Morgan fingerprint density at radius 2 is 2.17 bits per heavy atom. The lowest BCUT2D eigenvalue weighted by Crippen LogP contribution is -2.51. The number of aryl methyl sites for hydroxylation is 1. The molecule has 2 heterocycles. The van der Waals surface area contributed by atoms with E-state index in [0.29, 0.717) is 0 Å². The minimum atomic E-state index is -1.96. The number of aliphatic hydroxyl groups is 2. The topological polar surface area (TPSA) is 105 Å². The number of nitrogens with one attached hydrogen (secondary N) is 1. The third kappa shape index (κ3) is 2.09. The fraction of sp³-hybridized carbons (Fsp3) is 0.600. The molecule has 0 aliphatic carbocycles. The van der Waals surface area contributed by atoms with Crippen LogP contribution in [-0.2, 0) is 4.74 Å². The quantitative estimate of drug-likeness (QED) is 0.566. The van der Waals surface area contributed by atoms with Crippen molar-refractivity contribution in [2.24, 2.45) is 0 Å². The molecule has 1 aromatic heterocycles. The van der Waals surface area contributed by atoms with E-state index in [2.05, 4.69) is 0 Å². The van der Waals surface area contributed by atoms with Crippen molar-refractivity contribution in [3.8, 4) is 0 Å². The Labute approximate surface area is 100 Å². The maximum absolute atomic E-state index is 13.8. The Balaban J connectivity index is 2.41. The summed E-state index contributed by atoms with van der Waals surface area (Å²) in [5.74, 6) is 0. The molecule has 0 bridgehead atoms. The van der Waals surface area contributed by atoms with Gasteiger partial charge >= 0.3 is 5.69 Å². The fourth-order valence-corrected chi connectivity index (χ4v) is 1.78. The molecule has 0 spiro atoms. The average Bonchev–Trinajstić information content (AvgIpc) is 2.32. The van der Waals surface area contributed by atoms with E-state index in [4.69, 9.17) is 4.74 Å². The van der Waals surface area contributed by atoms with Gasteiger partial charge in [-0.3, -0.25) is 14.3 Å². The lowest BCUT2D eigenvalue weighted by atomic mass is 10.1. The lowest BCUT2D eigenvalue weighted by Gasteiger charge is -2.34. The predicted octanol–water partition coefficient (Wildman–Crippen LogP) is -1.57. The molecule has 18 heavy (non-hydrogen) atoms. The Kier molecular flexibility index (Phi) is 3.33. The highest BCUT2D eigenvalue weighted by molar-refractivity contribution is 5.02. The van der Waals surface area contributed by atoms with Gasteiger partial charge in [0.2, 0.25) is 0 Å². The van der Waals surface area contributed by atoms with Gasteiger partial charge in [-0.15, -0.1) is 0 Å². The monoisotopic (exact) mass is 260 g/mol. The largest absolute Gasteiger partial charge is 0.388 e. The number of rotatable bonds is 1. The van der Waals surface area contributed by atoms with Crippen LogP contribution in [0, 0.1) is 6.92 Å². The Hall–Kier alpha value is -1.51. The van der Waals surface area contributed by atoms with Crippen LogP contribution in [0.25, 0.3) is 0 Å². The highest BCUT2D eigenvalue weighted by atomic mass is 19.1. The van der Waals surface area contributed by atoms with Crippen LogP contribution >= 0.6 is 0 Å². The molecule has 0 aromatic carbocycles. The van der Waals surface area contributed by atoms with Crippen LogP contribution in [-0.4, -0.2) is 44.8 Å². The number of alkyl halides is 1. The van der Waals surface area contributed by atoms with Crippen molar-refractivity contribution in [1.82, 2.24) is 9.55 Å². The van der Waals surface area contributed by atoms with E-state index >= 15 is 0 Å². The maximum atomic E-state index is 13.8. The van der Waals surface area contributed by atoms with E-state index in [0.717, 1.165) is 10.8 Å². The van der Waals surface area contributed by atoms with Gasteiger partial charge in [0, 0.05) is 11.8 Å². The zero-order valence-electron chi connectivity index (χ0n) is 9.54. The molecular formula is C10H13FN2O5. The van der Waals surface area contributed by atoms with Gasteiger partial charge in [0.1, 0.15) is 12.2 Å². The number of nitrogens with zero attached hydrogens (tertiary/aromatic N) is 1. The van der Waals surface area contributed by atoms with E-state index in [-0.39, 0.29) is 12.2 Å². The first-order valence-corrected chi connectivity index (χ1v) is 5.35. The lowest BCUT2D eigenvalue weighted by molar-refractivity contribution is -0.190. The number of ether oxygens (including phenoxy) is 1. The number of halogens is 1. The molecule has 100 valence electrons. The fourth-order valence-electron chi connectivity index (χ4n) is 1.78. The molecule has 1 fully saturated rings. The Morgan fingerprint density at radius 1 is 1.50 bits per heavy atom. The average molecular weight is 260 g/mol. The molecule has 0 unspecified atom stereocenters. The summed E-state index contributed by atoms with van der Waals surface area (Å²) in [6, 6.07) is 0. The van der Waals surface area contributed by atoms with Crippen LogP contribution in [0.15, 0.2) is 15.8 Å². The second kappa shape index (κ2) is 4.63. The van der Waals surface area contributed by atoms with Gasteiger partial charge in [-0.1, -0.05) is 0 Å². The van der Waals surface area contributed by atoms with Crippen LogP contribution in [0.1, 0.15) is 11.8 Å². The zero-order valence-corrected chi connectivity index (χ0v) is 9.54. The first-order valence-electron chi connectivity index (χ1n) is 5.35. The minimum Gasteiger partial charge on any atom is -0.388 e. The summed E-state index contributed by atoms with van der Waals surface area (Å²) in [4.78, 5) is 24.7. The van der Waals surface area contributed by atoms with Crippen LogP contribution in [0.3, 0.4) is 0 Å². The molecule has 1 aromatic rings. The molecule has 0 amide bonds. The van der Waals surface area contributed by atoms with Gasteiger partial charge in [0.15, 0.2) is 12.4 Å². The zero-order chi connectivity index (χ0) is 13.4. The summed E-state index contributed by atoms with van der Waals surface area (Å²) < 4.78 is 19.7. The van der Waals surface area contributed by atoms with Crippen LogP contribution < -0.4 is 11.2 Å². The summed E-state index contributed by atoms with van der Waals surface area (Å²) in [7, 11) is 0. The van der Waals surface area contributed by atoms with Gasteiger partial charge in [-0.25, -0.2) is 9.18 Å². The minimum absolute atomic E-state index is 0.214. The summed E-state index contributed by atoms with van der Waals surface area (Å²) in [6.45, 7) is 1.16. The smallest absolute Gasteiger partial charge is 0.330 e. The summed E-state index contributed by atoms with van der Waals surface area (Å²) in [6.07, 6.45) is -5.15. The van der Waals surface area contributed by atoms with E-state index in [1.165, 1.54) is 6.92 Å². The first-order chi connectivity index (χ1) is 8.41. The third-order valence-electron chi connectivity index (χ3n) is 2.85. The molecule has 0 radical (unpaired) electrons. The molecular weight excluding hydrogens is 247 g/mol. The van der Waals surface area contributed by atoms with Crippen LogP contribution in [0.4, 0.5) is 4.39 Å². The van der Waals surface area contributed by atoms with Gasteiger partial charge < -0.3 is 14.9 Å².